The minimum atomic E-state index is 1.29. The van der Waals surface area contributed by atoms with Crippen LogP contribution in [0, 0.1) is 6.42 Å². The maximum Gasteiger partial charge on any atom is -0.0171 e. The molecule has 0 bridgehead atoms. The van der Waals surface area contributed by atoms with Crippen molar-refractivity contribution in [1.82, 2.24) is 0 Å². The molecule has 0 saturated carbocycles. The number of rotatable bonds is 0. The Morgan fingerprint density at radius 1 is 0.583 bits per heavy atom. The number of hydrogen-bond donors (Lipinski definition) is 0. The maximum atomic E-state index is 2.32. The largest absolute Gasteiger partial charge is 0.0882 e. The predicted octanol–water partition coefficient (Wildman–Crippen LogP) is 4.27. The quantitative estimate of drug-likeness (QED) is 0.503. The second kappa shape index (κ2) is 7.39. The van der Waals surface area contributed by atoms with E-state index in [2.05, 4.69) is 18.6 Å². The van der Waals surface area contributed by atoms with Crippen LogP contribution in [-0.4, -0.2) is 0 Å². The number of allylic oxidation sites excluding steroid dienone is 2. The van der Waals surface area contributed by atoms with Crippen LogP contribution in [0.4, 0.5) is 0 Å². The molecule has 0 saturated heterocycles. The Bertz CT molecular complexity index is 99.2. The lowest BCUT2D eigenvalue weighted by atomic mass is 10.0. The lowest BCUT2D eigenvalue weighted by Crippen LogP contribution is -1.83. The van der Waals surface area contributed by atoms with Crippen LogP contribution in [0.25, 0.3) is 0 Å². The molecule has 0 nitrogen and oxygen atoms in total. The van der Waals surface area contributed by atoms with E-state index in [1.54, 1.807) is 0 Å². The highest BCUT2D eigenvalue weighted by atomic mass is 14.0. The average molecular weight is 165 g/mol. The lowest BCUT2D eigenvalue weighted by Gasteiger charge is -2.02. The Kier molecular flexibility index (Phi) is 6.05. The maximum absolute atomic E-state index is 2.32. The summed E-state index contributed by atoms with van der Waals surface area (Å²) in [6.45, 7) is 0. The molecule has 1 aliphatic rings. The summed E-state index contributed by atoms with van der Waals surface area (Å²) >= 11 is 0. The summed E-state index contributed by atoms with van der Waals surface area (Å²) in [5.74, 6) is 0. The van der Waals surface area contributed by atoms with Gasteiger partial charge in [-0.05, 0) is 25.7 Å². The normalized spacial score (nSPS) is 25.3. The van der Waals surface area contributed by atoms with Crippen molar-refractivity contribution in [3.8, 4) is 0 Å². The molecule has 0 aromatic carbocycles. The van der Waals surface area contributed by atoms with Gasteiger partial charge in [-0.1, -0.05) is 50.7 Å². The average Bonchev–Trinajstić information content (AvgIpc) is 2.05. The second-order valence-corrected chi connectivity index (χ2v) is 3.72. The van der Waals surface area contributed by atoms with Crippen molar-refractivity contribution < 1.29 is 0 Å². The number of hydrogen-bond acceptors (Lipinski definition) is 0. The molecule has 0 aliphatic heterocycles. The van der Waals surface area contributed by atoms with Crippen LogP contribution >= 0.6 is 0 Å². The molecule has 0 amide bonds. The third-order valence-electron chi connectivity index (χ3n) is 2.51. The monoisotopic (exact) mass is 165 g/mol. The molecule has 69 valence electrons. The van der Waals surface area contributed by atoms with Crippen molar-refractivity contribution >= 4 is 0 Å². The molecule has 0 unspecified atom stereocenters. The Balaban J connectivity index is 2.10. The molecule has 0 aromatic rings. The van der Waals surface area contributed by atoms with Gasteiger partial charge in [-0.25, -0.2) is 0 Å². The smallest absolute Gasteiger partial charge is 0.0171 e. The third-order valence-corrected chi connectivity index (χ3v) is 2.51. The summed E-state index contributed by atoms with van der Waals surface area (Å²) in [5.41, 5.74) is 0. The Hall–Kier alpha value is -0.260. The van der Waals surface area contributed by atoms with E-state index in [4.69, 9.17) is 0 Å². The minimum Gasteiger partial charge on any atom is -0.0882 e. The van der Waals surface area contributed by atoms with Gasteiger partial charge in [0, 0.05) is 0 Å². The highest BCUT2D eigenvalue weighted by Gasteiger charge is 1.92. The molecule has 1 radical (unpaired) electrons. The van der Waals surface area contributed by atoms with Crippen molar-refractivity contribution in [3.63, 3.8) is 0 Å². The Labute approximate surface area is 77.1 Å². The van der Waals surface area contributed by atoms with Crippen molar-refractivity contribution in [3.05, 3.63) is 18.6 Å². The van der Waals surface area contributed by atoms with Crippen molar-refractivity contribution in [2.24, 2.45) is 0 Å². The van der Waals surface area contributed by atoms with Crippen molar-refractivity contribution in [1.29, 1.82) is 0 Å². The molecule has 0 spiro atoms. The molecule has 0 fully saturated rings. The van der Waals surface area contributed by atoms with Crippen LogP contribution in [0.15, 0.2) is 12.2 Å². The van der Waals surface area contributed by atoms with Crippen LogP contribution in [0.5, 0.6) is 0 Å². The molecule has 0 N–H and O–H groups in total. The SMILES string of the molecule is [CH]1/C=C\CCCCCCCCC1. The summed E-state index contributed by atoms with van der Waals surface area (Å²) in [5, 5.41) is 0. The Morgan fingerprint density at radius 2 is 1.17 bits per heavy atom. The van der Waals surface area contributed by atoms with Crippen LogP contribution in [0.2, 0.25) is 0 Å². The zero-order valence-corrected chi connectivity index (χ0v) is 8.10. The van der Waals surface area contributed by atoms with Crippen LogP contribution in [-0.2, 0) is 0 Å². The van der Waals surface area contributed by atoms with Gasteiger partial charge in [0.2, 0.25) is 0 Å². The van der Waals surface area contributed by atoms with E-state index in [9.17, 15) is 0 Å². The van der Waals surface area contributed by atoms with E-state index in [0.717, 1.165) is 0 Å². The molecule has 0 heterocycles. The fourth-order valence-electron chi connectivity index (χ4n) is 1.70. The fraction of sp³-hybridized carbons (Fsp3) is 0.750. The summed E-state index contributed by atoms with van der Waals surface area (Å²) in [4.78, 5) is 0. The zero-order valence-electron chi connectivity index (χ0n) is 8.10. The van der Waals surface area contributed by atoms with Gasteiger partial charge < -0.3 is 0 Å². The molecule has 0 atom stereocenters. The summed E-state index contributed by atoms with van der Waals surface area (Å²) in [6, 6.07) is 0. The van der Waals surface area contributed by atoms with Gasteiger partial charge in [-0.2, -0.15) is 0 Å². The third kappa shape index (κ3) is 5.40. The molecule has 1 aliphatic carbocycles. The lowest BCUT2D eigenvalue weighted by molar-refractivity contribution is 0.578. The second-order valence-electron chi connectivity index (χ2n) is 3.72. The first-order valence-corrected chi connectivity index (χ1v) is 5.48. The van der Waals surface area contributed by atoms with E-state index in [1.807, 2.05) is 0 Å². The molecular formula is C12H21. The predicted molar refractivity (Wildman–Crippen MR) is 55.0 cm³/mol. The standard InChI is InChI=1S/C12H21/c1-2-4-6-8-10-12-11-9-7-5-3-1/h1-3H,4-12H2/b2-1-. The topological polar surface area (TPSA) is 0 Å². The van der Waals surface area contributed by atoms with Crippen molar-refractivity contribution in [2.45, 2.75) is 57.8 Å². The van der Waals surface area contributed by atoms with Crippen LogP contribution in [0.1, 0.15) is 57.8 Å². The first-order valence-electron chi connectivity index (χ1n) is 5.48. The van der Waals surface area contributed by atoms with E-state index in [0.29, 0.717) is 0 Å². The van der Waals surface area contributed by atoms with Gasteiger partial charge in [0.05, 0.1) is 0 Å². The van der Waals surface area contributed by atoms with Gasteiger partial charge in [0.1, 0.15) is 0 Å². The van der Waals surface area contributed by atoms with Crippen molar-refractivity contribution in [2.75, 3.05) is 0 Å². The van der Waals surface area contributed by atoms with E-state index < -0.39 is 0 Å². The van der Waals surface area contributed by atoms with E-state index in [-0.39, 0.29) is 0 Å². The molecule has 12 heavy (non-hydrogen) atoms. The van der Waals surface area contributed by atoms with Crippen LogP contribution < -0.4 is 0 Å². The summed E-state index contributed by atoms with van der Waals surface area (Å²) in [6.07, 6.45) is 19.5. The van der Waals surface area contributed by atoms with Gasteiger partial charge >= 0.3 is 0 Å². The van der Waals surface area contributed by atoms with Gasteiger partial charge in [0.15, 0.2) is 0 Å². The van der Waals surface area contributed by atoms with E-state index >= 15 is 0 Å². The van der Waals surface area contributed by atoms with Gasteiger partial charge in [-0.3, -0.25) is 0 Å². The van der Waals surface area contributed by atoms with Gasteiger partial charge in [-0.15, -0.1) is 0 Å². The zero-order chi connectivity index (χ0) is 8.49. The minimum absolute atomic E-state index is 1.29. The summed E-state index contributed by atoms with van der Waals surface area (Å²) in [7, 11) is 0. The highest BCUT2D eigenvalue weighted by molar-refractivity contribution is 4.94. The van der Waals surface area contributed by atoms with Crippen LogP contribution in [0.3, 0.4) is 0 Å². The van der Waals surface area contributed by atoms with E-state index in [1.165, 1.54) is 57.8 Å². The molecule has 1 rings (SSSR count). The molecule has 0 heteroatoms. The first kappa shape index (κ1) is 9.83. The first-order chi connectivity index (χ1) is 6.00. The molecule has 0 aromatic heterocycles. The molecular weight excluding hydrogens is 144 g/mol. The highest BCUT2D eigenvalue weighted by Crippen LogP contribution is 2.12. The summed E-state index contributed by atoms with van der Waals surface area (Å²) < 4.78 is 0. The van der Waals surface area contributed by atoms with Gasteiger partial charge in [0.25, 0.3) is 0 Å². The fourth-order valence-corrected chi connectivity index (χ4v) is 1.70. The Morgan fingerprint density at radius 3 is 1.92 bits per heavy atom.